The number of nitrogens with zero attached hydrogens (tertiary/aromatic N) is 2. The van der Waals surface area contributed by atoms with Crippen LogP contribution in [0.2, 0.25) is 0 Å². The maximum absolute atomic E-state index is 12.7. The summed E-state index contributed by atoms with van der Waals surface area (Å²) in [6, 6.07) is 7.90. The number of likely N-dealkylation sites (N-methyl/N-ethyl adjacent to an activating group) is 1. The molecule has 0 unspecified atom stereocenters. The number of anilines is 1. The van der Waals surface area contributed by atoms with E-state index in [9.17, 15) is 14.4 Å². The van der Waals surface area contributed by atoms with Gasteiger partial charge in [0.15, 0.2) is 3.95 Å². The molecule has 1 aromatic heterocycles. The molecule has 0 fully saturated rings. The Hall–Kier alpha value is -2.79. The monoisotopic (exact) mass is 408 g/mol. The van der Waals surface area contributed by atoms with Crippen LogP contribution in [0.3, 0.4) is 0 Å². The highest BCUT2D eigenvalue weighted by atomic mass is 32.1. The molecule has 4 amide bonds. The average Bonchev–Trinajstić information content (AvgIpc) is 3.03. The first kappa shape index (κ1) is 20.5. The molecule has 2 aromatic rings. The molecule has 0 aliphatic rings. The molecule has 0 spiro atoms. The van der Waals surface area contributed by atoms with Gasteiger partial charge >= 0.3 is 6.03 Å². The Morgan fingerprint density at radius 1 is 1.33 bits per heavy atom. The Morgan fingerprint density at radius 3 is 2.63 bits per heavy atom. The van der Waals surface area contributed by atoms with Crippen molar-refractivity contribution in [1.29, 1.82) is 0 Å². The molecule has 9 nitrogen and oxygen atoms in total. The molecule has 1 aromatic carbocycles. The van der Waals surface area contributed by atoms with Crippen molar-refractivity contribution in [2.24, 2.45) is 5.73 Å². The standard InChI is InChI=1S/C16H20N6O3S2/c1-22(8-7-12(17)23)13(24)11(9-10-5-3-2-4-6-10)18-14(25)19-15-20-21-16(26)27-15/h2-6,11H,7-9H2,1H3,(H2,17,23)(H,21,26)(H2,18,19,20,25)/t11-/m0/s1. The maximum atomic E-state index is 12.7. The van der Waals surface area contributed by atoms with E-state index in [0.717, 1.165) is 16.9 Å². The molecular weight excluding hydrogens is 388 g/mol. The number of amides is 4. The van der Waals surface area contributed by atoms with Crippen molar-refractivity contribution < 1.29 is 14.4 Å². The number of urea groups is 1. The second-order valence-electron chi connectivity index (χ2n) is 5.74. The predicted molar refractivity (Wildman–Crippen MR) is 105 cm³/mol. The number of H-pyrrole nitrogens is 1. The van der Waals surface area contributed by atoms with Gasteiger partial charge in [0.25, 0.3) is 0 Å². The van der Waals surface area contributed by atoms with Crippen LogP contribution in [0.25, 0.3) is 0 Å². The van der Waals surface area contributed by atoms with Gasteiger partial charge in [-0.05, 0) is 17.8 Å². The topological polar surface area (TPSA) is 133 Å². The first-order valence-corrected chi connectivity index (χ1v) is 9.28. The summed E-state index contributed by atoms with van der Waals surface area (Å²) in [5, 5.41) is 11.9. The van der Waals surface area contributed by atoms with Crippen molar-refractivity contribution in [2.45, 2.75) is 18.9 Å². The maximum Gasteiger partial charge on any atom is 0.321 e. The highest BCUT2D eigenvalue weighted by molar-refractivity contribution is 7.73. The number of primary amides is 1. The van der Waals surface area contributed by atoms with E-state index in [0.29, 0.717) is 15.5 Å². The summed E-state index contributed by atoms with van der Waals surface area (Å²) in [5.74, 6) is -0.829. The number of aromatic amines is 1. The quantitative estimate of drug-likeness (QED) is 0.488. The zero-order valence-electron chi connectivity index (χ0n) is 14.6. The number of hydrogen-bond donors (Lipinski definition) is 4. The van der Waals surface area contributed by atoms with Crippen LogP contribution in [-0.4, -0.2) is 52.6 Å². The van der Waals surface area contributed by atoms with E-state index in [1.54, 1.807) is 7.05 Å². The van der Waals surface area contributed by atoms with Gasteiger partial charge in [-0.3, -0.25) is 20.0 Å². The Kier molecular flexibility index (Phi) is 7.44. The van der Waals surface area contributed by atoms with Gasteiger partial charge in [-0.1, -0.05) is 41.7 Å². The molecule has 0 aliphatic heterocycles. The lowest BCUT2D eigenvalue weighted by atomic mass is 10.0. The largest absolute Gasteiger partial charge is 0.370 e. The fourth-order valence-electron chi connectivity index (χ4n) is 2.28. The fraction of sp³-hybridized carbons (Fsp3) is 0.312. The molecule has 0 bridgehead atoms. The Labute approximate surface area is 164 Å². The first-order valence-electron chi connectivity index (χ1n) is 8.05. The van der Waals surface area contributed by atoms with Gasteiger partial charge in [0.2, 0.25) is 16.9 Å². The molecule has 11 heteroatoms. The van der Waals surface area contributed by atoms with Gasteiger partial charge < -0.3 is 16.0 Å². The van der Waals surface area contributed by atoms with Gasteiger partial charge in [-0.15, -0.1) is 5.10 Å². The van der Waals surface area contributed by atoms with Crippen LogP contribution in [0.5, 0.6) is 0 Å². The van der Waals surface area contributed by atoms with Crippen molar-refractivity contribution >= 4 is 46.5 Å². The number of nitrogens with two attached hydrogens (primary N) is 1. The lowest BCUT2D eigenvalue weighted by Crippen LogP contribution is -2.50. The summed E-state index contributed by atoms with van der Waals surface area (Å²) in [6.07, 6.45) is 0.341. The third-order valence-electron chi connectivity index (χ3n) is 3.61. The summed E-state index contributed by atoms with van der Waals surface area (Å²) in [5.41, 5.74) is 6.02. The zero-order chi connectivity index (χ0) is 19.8. The number of carbonyl (C=O) groups is 3. The normalized spacial score (nSPS) is 11.4. The molecule has 1 atom stereocenters. The summed E-state index contributed by atoms with van der Waals surface area (Å²) >= 11 is 6.02. The number of nitrogens with one attached hydrogen (secondary N) is 3. The molecule has 144 valence electrons. The molecule has 5 N–H and O–H groups in total. The van der Waals surface area contributed by atoms with Crippen LogP contribution in [0.4, 0.5) is 9.93 Å². The van der Waals surface area contributed by atoms with Gasteiger partial charge in [0, 0.05) is 26.4 Å². The predicted octanol–water partition coefficient (Wildman–Crippen LogP) is 1.27. The number of carbonyl (C=O) groups excluding carboxylic acids is 3. The minimum absolute atomic E-state index is 0.0447. The molecule has 2 rings (SSSR count). The number of benzene rings is 1. The third kappa shape index (κ3) is 6.79. The van der Waals surface area contributed by atoms with E-state index in [1.165, 1.54) is 4.90 Å². The van der Waals surface area contributed by atoms with E-state index >= 15 is 0 Å². The molecule has 0 radical (unpaired) electrons. The van der Waals surface area contributed by atoms with Crippen molar-refractivity contribution in [2.75, 3.05) is 18.9 Å². The van der Waals surface area contributed by atoms with E-state index in [1.807, 2.05) is 30.3 Å². The van der Waals surface area contributed by atoms with Gasteiger partial charge in [0.1, 0.15) is 6.04 Å². The summed E-state index contributed by atoms with van der Waals surface area (Å²) in [6.45, 7) is 0.170. The van der Waals surface area contributed by atoms with Gasteiger partial charge in [0.05, 0.1) is 0 Å². The van der Waals surface area contributed by atoms with Crippen LogP contribution in [0.15, 0.2) is 30.3 Å². The van der Waals surface area contributed by atoms with Crippen LogP contribution >= 0.6 is 23.6 Å². The Morgan fingerprint density at radius 2 is 2.04 bits per heavy atom. The second-order valence-corrected chi connectivity index (χ2v) is 7.40. The molecule has 0 saturated carbocycles. The van der Waals surface area contributed by atoms with Crippen LogP contribution in [0.1, 0.15) is 12.0 Å². The smallest absolute Gasteiger partial charge is 0.321 e. The lowest BCUT2D eigenvalue weighted by Gasteiger charge is -2.24. The molecule has 1 heterocycles. The highest BCUT2D eigenvalue weighted by Gasteiger charge is 2.25. The SMILES string of the molecule is CN(CCC(N)=O)C(=O)[C@H](Cc1ccccc1)NC(=O)Nc1n[nH]c(=S)s1. The first-order chi connectivity index (χ1) is 12.8. The Bertz CT molecular complexity index is 851. The molecule has 0 saturated heterocycles. The van der Waals surface area contributed by atoms with Crippen LogP contribution in [0, 0.1) is 3.95 Å². The fourth-order valence-corrected chi connectivity index (χ4v) is 3.06. The van der Waals surface area contributed by atoms with Crippen molar-refractivity contribution in [1.82, 2.24) is 20.4 Å². The minimum Gasteiger partial charge on any atom is -0.370 e. The minimum atomic E-state index is -0.822. The summed E-state index contributed by atoms with van der Waals surface area (Å²) < 4.78 is 0.424. The van der Waals surface area contributed by atoms with Crippen LogP contribution < -0.4 is 16.4 Å². The molecule has 27 heavy (non-hydrogen) atoms. The Balaban J connectivity index is 2.08. The van der Waals surface area contributed by atoms with Crippen molar-refractivity contribution in [3.63, 3.8) is 0 Å². The van der Waals surface area contributed by atoms with Gasteiger partial charge in [-0.25, -0.2) is 4.79 Å². The van der Waals surface area contributed by atoms with E-state index in [4.69, 9.17) is 18.0 Å². The van der Waals surface area contributed by atoms with Crippen molar-refractivity contribution in [3.05, 3.63) is 39.8 Å². The highest BCUT2D eigenvalue weighted by Crippen LogP contribution is 2.11. The van der Waals surface area contributed by atoms with Crippen molar-refractivity contribution in [3.8, 4) is 0 Å². The third-order valence-corrected chi connectivity index (χ3v) is 4.62. The molecule has 0 aliphatic carbocycles. The average molecular weight is 409 g/mol. The lowest BCUT2D eigenvalue weighted by molar-refractivity contribution is -0.132. The number of rotatable bonds is 8. The van der Waals surface area contributed by atoms with E-state index < -0.39 is 18.0 Å². The summed E-state index contributed by atoms with van der Waals surface area (Å²) in [7, 11) is 1.56. The second kappa shape index (κ2) is 9.78. The number of aromatic nitrogens is 2. The van der Waals surface area contributed by atoms with E-state index in [2.05, 4.69) is 20.8 Å². The zero-order valence-corrected chi connectivity index (χ0v) is 16.2. The number of hydrogen-bond acceptors (Lipinski definition) is 6. The van der Waals surface area contributed by atoms with E-state index in [-0.39, 0.29) is 18.9 Å². The van der Waals surface area contributed by atoms with Crippen LogP contribution in [-0.2, 0) is 16.0 Å². The van der Waals surface area contributed by atoms with Gasteiger partial charge in [-0.2, -0.15) is 0 Å². The molecular formula is C16H20N6O3S2. The summed E-state index contributed by atoms with van der Waals surface area (Å²) in [4.78, 5) is 37.3.